The van der Waals surface area contributed by atoms with Crippen molar-refractivity contribution in [3.05, 3.63) is 0 Å². The Balaban J connectivity index is 1.98. The highest BCUT2D eigenvalue weighted by molar-refractivity contribution is 6.17. The normalized spacial score (nSPS) is 16.2. The highest BCUT2D eigenvalue weighted by atomic mass is 35.5. The second-order valence-corrected chi connectivity index (χ2v) is 5.10. The molecular weight excluding hydrogens is 206 g/mol. The van der Waals surface area contributed by atoms with Gasteiger partial charge in [0.15, 0.2) is 0 Å². The lowest BCUT2D eigenvalue weighted by Crippen LogP contribution is -2.28. The van der Waals surface area contributed by atoms with Gasteiger partial charge in [-0.25, -0.2) is 0 Å². The van der Waals surface area contributed by atoms with Gasteiger partial charge in [-0.2, -0.15) is 0 Å². The minimum atomic E-state index is 0.835. The third kappa shape index (κ3) is 6.42. The Labute approximate surface area is 100 Å². The number of halogens is 1. The lowest BCUT2D eigenvalue weighted by Gasteiger charge is -2.21. The van der Waals surface area contributed by atoms with Gasteiger partial charge in [-0.05, 0) is 45.2 Å². The molecule has 0 aromatic rings. The Morgan fingerprint density at radius 1 is 1.00 bits per heavy atom. The molecule has 0 N–H and O–H groups in total. The summed E-state index contributed by atoms with van der Waals surface area (Å²) in [5.41, 5.74) is 0. The van der Waals surface area contributed by atoms with E-state index in [2.05, 4.69) is 11.8 Å². The Bertz CT molecular complexity index is 145. The summed E-state index contributed by atoms with van der Waals surface area (Å²) in [6, 6.07) is 0.949. The second-order valence-electron chi connectivity index (χ2n) is 4.72. The summed E-state index contributed by atoms with van der Waals surface area (Å²) in [4.78, 5) is 2.71. The van der Waals surface area contributed by atoms with Gasteiger partial charge in [0.25, 0.3) is 0 Å². The molecule has 0 aliphatic heterocycles. The van der Waals surface area contributed by atoms with Crippen molar-refractivity contribution in [3.8, 4) is 0 Å². The maximum absolute atomic E-state index is 5.66. The highest BCUT2D eigenvalue weighted by Gasteiger charge is 2.27. The highest BCUT2D eigenvalue weighted by Crippen LogP contribution is 2.27. The van der Waals surface area contributed by atoms with Crippen LogP contribution in [0.15, 0.2) is 0 Å². The Kier molecular flexibility index (Phi) is 7.46. The molecule has 2 heteroatoms. The van der Waals surface area contributed by atoms with E-state index in [0.717, 1.165) is 11.9 Å². The van der Waals surface area contributed by atoms with E-state index in [4.69, 9.17) is 11.6 Å². The van der Waals surface area contributed by atoms with Crippen LogP contribution in [0.25, 0.3) is 0 Å². The second kappa shape index (κ2) is 8.41. The summed E-state index contributed by atoms with van der Waals surface area (Å²) >= 11 is 5.66. The fourth-order valence-corrected chi connectivity index (χ4v) is 2.23. The molecule has 0 saturated heterocycles. The van der Waals surface area contributed by atoms with E-state index < -0.39 is 0 Å². The van der Waals surface area contributed by atoms with Crippen molar-refractivity contribution in [3.63, 3.8) is 0 Å². The molecular formula is C13H26ClN. The van der Waals surface area contributed by atoms with Crippen LogP contribution in [0, 0.1) is 0 Å². The van der Waals surface area contributed by atoms with E-state index >= 15 is 0 Å². The predicted octanol–water partition coefficient (Wildman–Crippen LogP) is 4.05. The van der Waals surface area contributed by atoms with Crippen molar-refractivity contribution in [2.24, 2.45) is 0 Å². The summed E-state index contributed by atoms with van der Waals surface area (Å²) < 4.78 is 0. The van der Waals surface area contributed by atoms with Crippen LogP contribution in [0.2, 0.25) is 0 Å². The van der Waals surface area contributed by atoms with Gasteiger partial charge in [-0.3, -0.25) is 0 Å². The van der Waals surface area contributed by atoms with Crippen LogP contribution < -0.4 is 0 Å². The van der Waals surface area contributed by atoms with Crippen LogP contribution in [0.4, 0.5) is 0 Å². The Hall–Kier alpha value is 0.250. The SMILES string of the molecule is CCCCN(CCCCCCCl)C1CC1. The zero-order valence-electron chi connectivity index (χ0n) is 10.2. The quantitative estimate of drug-likeness (QED) is 0.405. The monoisotopic (exact) mass is 231 g/mol. The molecule has 1 aliphatic rings. The largest absolute Gasteiger partial charge is 0.300 e. The molecule has 1 fully saturated rings. The fourth-order valence-electron chi connectivity index (χ4n) is 2.04. The van der Waals surface area contributed by atoms with Gasteiger partial charge in [0, 0.05) is 11.9 Å². The van der Waals surface area contributed by atoms with Crippen molar-refractivity contribution in [2.45, 2.75) is 64.3 Å². The first-order valence-electron chi connectivity index (χ1n) is 6.68. The van der Waals surface area contributed by atoms with Crippen LogP contribution in [0.1, 0.15) is 58.3 Å². The molecule has 0 radical (unpaired) electrons. The minimum absolute atomic E-state index is 0.835. The average molecular weight is 232 g/mol. The van der Waals surface area contributed by atoms with Crippen molar-refractivity contribution in [1.82, 2.24) is 4.90 Å². The number of rotatable bonds is 10. The van der Waals surface area contributed by atoms with E-state index in [1.165, 1.54) is 64.5 Å². The number of unbranched alkanes of at least 4 members (excludes halogenated alkanes) is 4. The van der Waals surface area contributed by atoms with Crippen molar-refractivity contribution >= 4 is 11.6 Å². The summed E-state index contributed by atoms with van der Waals surface area (Å²) in [5, 5.41) is 0. The van der Waals surface area contributed by atoms with E-state index in [0.29, 0.717) is 0 Å². The molecule has 90 valence electrons. The van der Waals surface area contributed by atoms with Crippen molar-refractivity contribution in [1.29, 1.82) is 0 Å². The molecule has 1 aliphatic carbocycles. The number of alkyl halides is 1. The van der Waals surface area contributed by atoms with E-state index in [1.54, 1.807) is 0 Å². The van der Waals surface area contributed by atoms with Crippen LogP contribution in [-0.4, -0.2) is 29.9 Å². The lowest BCUT2D eigenvalue weighted by molar-refractivity contribution is 0.253. The summed E-state index contributed by atoms with van der Waals surface area (Å²) in [6.07, 6.45) is 10.8. The molecule has 0 unspecified atom stereocenters. The molecule has 0 atom stereocenters. The number of hydrogen-bond donors (Lipinski definition) is 0. The van der Waals surface area contributed by atoms with Gasteiger partial charge in [0.2, 0.25) is 0 Å². The van der Waals surface area contributed by atoms with Gasteiger partial charge in [0.05, 0.1) is 0 Å². The smallest absolute Gasteiger partial charge is 0.0223 e. The number of hydrogen-bond acceptors (Lipinski definition) is 1. The Morgan fingerprint density at radius 3 is 2.27 bits per heavy atom. The standard InChI is InChI=1S/C13H26ClN/c1-2-3-11-15(13-8-9-13)12-7-5-4-6-10-14/h13H,2-12H2,1H3. The molecule has 15 heavy (non-hydrogen) atoms. The maximum atomic E-state index is 5.66. The molecule has 1 nitrogen and oxygen atoms in total. The summed E-state index contributed by atoms with van der Waals surface area (Å²) in [5.74, 6) is 0.835. The topological polar surface area (TPSA) is 3.24 Å². The number of nitrogens with zero attached hydrogens (tertiary/aromatic N) is 1. The zero-order valence-corrected chi connectivity index (χ0v) is 10.9. The van der Waals surface area contributed by atoms with Gasteiger partial charge in [0.1, 0.15) is 0 Å². The first-order chi connectivity index (χ1) is 7.38. The minimum Gasteiger partial charge on any atom is -0.300 e. The first kappa shape index (κ1) is 13.3. The van der Waals surface area contributed by atoms with Crippen LogP contribution in [-0.2, 0) is 0 Å². The third-order valence-corrected chi connectivity index (χ3v) is 3.46. The molecule has 0 bridgehead atoms. The lowest BCUT2D eigenvalue weighted by atomic mass is 10.2. The van der Waals surface area contributed by atoms with Gasteiger partial charge in [-0.15, -0.1) is 11.6 Å². The van der Waals surface area contributed by atoms with Gasteiger partial charge < -0.3 is 4.90 Å². The molecule has 0 spiro atoms. The van der Waals surface area contributed by atoms with E-state index in [-0.39, 0.29) is 0 Å². The van der Waals surface area contributed by atoms with Gasteiger partial charge >= 0.3 is 0 Å². The molecule has 0 aromatic carbocycles. The van der Waals surface area contributed by atoms with Crippen molar-refractivity contribution in [2.75, 3.05) is 19.0 Å². The van der Waals surface area contributed by atoms with Crippen molar-refractivity contribution < 1.29 is 0 Å². The average Bonchev–Trinajstić information content (AvgIpc) is 3.06. The van der Waals surface area contributed by atoms with Gasteiger partial charge in [-0.1, -0.05) is 26.2 Å². The predicted molar refractivity (Wildman–Crippen MR) is 68.7 cm³/mol. The molecule has 1 saturated carbocycles. The summed E-state index contributed by atoms with van der Waals surface area (Å²) in [6.45, 7) is 4.94. The third-order valence-electron chi connectivity index (χ3n) is 3.19. The molecule has 0 aromatic heterocycles. The van der Waals surface area contributed by atoms with Crippen LogP contribution in [0.3, 0.4) is 0 Å². The van der Waals surface area contributed by atoms with Crippen LogP contribution >= 0.6 is 11.6 Å². The maximum Gasteiger partial charge on any atom is 0.0223 e. The Morgan fingerprint density at radius 2 is 1.67 bits per heavy atom. The zero-order chi connectivity index (χ0) is 10.9. The molecule has 0 amide bonds. The molecule has 1 rings (SSSR count). The molecule has 0 heterocycles. The van der Waals surface area contributed by atoms with E-state index in [9.17, 15) is 0 Å². The first-order valence-corrected chi connectivity index (χ1v) is 7.22. The summed E-state index contributed by atoms with van der Waals surface area (Å²) in [7, 11) is 0. The van der Waals surface area contributed by atoms with Crippen LogP contribution in [0.5, 0.6) is 0 Å². The fraction of sp³-hybridized carbons (Fsp3) is 1.00. The van der Waals surface area contributed by atoms with E-state index in [1.807, 2.05) is 0 Å².